The first-order valence-electron chi connectivity index (χ1n) is 29.3. The zero-order valence-electron chi connectivity index (χ0n) is 47.9. The average molecular weight is 1200 g/mol. The van der Waals surface area contributed by atoms with E-state index >= 15 is 0 Å². The molecule has 4 saturated heterocycles. The third-order valence-corrected chi connectivity index (χ3v) is 15.8. The van der Waals surface area contributed by atoms with Crippen molar-refractivity contribution in [3.63, 3.8) is 0 Å². The van der Waals surface area contributed by atoms with Crippen molar-refractivity contribution in [3.05, 3.63) is 215 Å². The second-order valence-electron chi connectivity index (χ2n) is 21.9. The number of rotatable bonds is 27. The van der Waals surface area contributed by atoms with Gasteiger partial charge in [0.05, 0.1) is 72.0 Å². The summed E-state index contributed by atoms with van der Waals surface area (Å²) in [5, 5.41) is 76.6. The number of carbonyl (C=O) groups excluding carboxylic acids is 1. The van der Waals surface area contributed by atoms with Gasteiger partial charge in [-0.1, -0.05) is 182 Å². The Morgan fingerprint density at radius 3 is 1.30 bits per heavy atom. The van der Waals surface area contributed by atoms with Gasteiger partial charge in [-0.2, -0.15) is 0 Å². The van der Waals surface area contributed by atoms with Crippen LogP contribution in [-0.2, 0) is 96.5 Å². The van der Waals surface area contributed by atoms with Gasteiger partial charge in [0.15, 0.2) is 18.9 Å². The summed E-state index contributed by atoms with van der Waals surface area (Å²) >= 11 is 0. The Balaban J connectivity index is 1.02. The maximum absolute atomic E-state index is 14.6. The van der Waals surface area contributed by atoms with E-state index in [9.17, 15) is 40.5 Å². The molecule has 0 bridgehead atoms. The molecule has 18 atom stereocenters. The summed E-state index contributed by atoms with van der Waals surface area (Å²) in [5.41, 5.74) is 4.94. The lowest BCUT2D eigenvalue weighted by Gasteiger charge is -2.50. The standard InChI is InChI=1S/C66H77NO20/c68-32-50-53(70)54(71)56(73)63(82-50)86-59-51(33-69)83-64(57(74)55(59)72)87-60-52(41-77-35-43-21-9-2-10-22-43)84-65(62(80-38-46-27-15-5-16-28-46)61(60)79-37-45-25-13-4-14-26-45)85-58-48(40-76-34-42-19-7-1-8-20-42)67(66(75)81-39-47-29-17-6-18-30-47)31-49(58)78-36-44-23-11-3-12-24-44/h1-30,48-65,68-74H,31-41H2/t48-,49-,50-,51-,52-,53-,54+,55-,56-,57-,58-,59-,60+,61+,62-,63+,64+,65-/m1/s1. The molecule has 4 heterocycles. The second kappa shape index (κ2) is 31.9. The highest BCUT2D eigenvalue weighted by Gasteiger charge is 2.57. The van der Waals surface area contributed by atoms with Gasteiger partial charge in [-0.3, -0.25) is 4.90 Å². The number of hydrogen-bond donors (Lipinski definition) is 7. The van der Waals surface area contributed by atoms with Crippen molar-refractivity contribution in [1.29, 1.82) is 0 Å². The average Bonchev–Trinajstić information content (AvgIpc) is 2.37. The maximum atomic E-state index is 14.6. The van der Waals surface area contributed by atoms with Crippen LogP contribution in [-0.4, -0.2) is 190 Å². The molecule has 0 radical (unpaired) electrons. The number of hydrogen-bond acceptors (Lipinski definition) is 20. The molecule has 4 aliphatic heterocycles. The summed E-state index contributed by atoms with van der Waals surface area (Å²) in [5.74, 6) is 0. The van der Waals surface area contributed by atoms with Gasteiger partial charge in [-0.25, -0.2) is 4.79 Å². The van der Waals surface area contributed by atoms with Crippen molar-refractivity contribution >= 4 is 6.09 Å². The van der Waals surface area contributed by atoms with Gasteiger partial charge in [-0.15, -0.1) is 0 Å². The van der Waals surface area contributed by atoms with Gasteiger partial charge in [0.25, 0.3) is 0 Å². The van der Waals surface area contributed by atoms with Crippen LogP contribution in [0.25, 0.3) is 0 Å². The van der Waals surface area contributed by atoms with Crippen molar-refractivity contribution in [3.8, 4) is 0 Å². The first-order valence-corrected chi connectivity index (χ1v) is 29.3. The molecule has 10 rings (SSSR count). The van der Waals surface area contributed by atoms with Gasteiger partial charge in [0, 0.05) is 0 Å². The van der Waals surface area contributed by atoms with E-state index in [-0.39, 0.29) is 59.4 Å². The van der Waals surface area contributed by atoms with E-state index in [0.29, 0.717) is 0 Å². The number of likely N-dealkylation sites (tertiary alicyclic amines) is 1. The normalized spacial score (nSPS) is 30.9. The minimum absolute atomic E-state index is 0.00715. The third kappa shape index (κ3) is 16.8. The van der Waals surface area contributed by atoms with E-state index in [1.807, 2.05) is 182 Å². The Morgan fingerprint density at radius 2 is 0.793 bits per heavy atom. The van der Waals surface area contributed by atoms with Crippen LogP contribution in [0.1, 0.15) is 33.4 Å². The molecule has 0 spiro atoms. The van der Waals surface area contributed by atoms with Crippen LogP contribution < -0.4 is 0 Å². The molecule has 21 nitrogen and oxygen atoms in total. The number of amides is 1. The van der Waals surface area contributed by atoms with Crippen molar-refractivity contribution < 1.29 is 97.4 Å². The van der Waals surface area contributed by atoms with E-state index in [4.69, 9.17) is 56.8 Å². The zero-order valence-corrected chi connectivity index (χ0v) is 47.9. The lowest BCUT2D eigenvalue weighted by atomic mass is 9.95. The van der Waals surface area contributed by atoms with Gasteiger partial charge in [-0.05, 0) is 33.4 Å². The van der Waals surface area contributed by atoms with Crippen molar-refractivity contribution in [2.24, 2.45) is 0 Å². The summed E-state index contributed by atoms with van der Waals surface area (Å²) in [6, 6.07) is 55.9. The maximum Gasteiger partial charge on any atom is 0.410 e. The summed E-state index contributed by atoms with van der Waals surface area (Å²) < 4.78 is 79.0. The second-order valence-corrected chi connectivity index (χ2v) is 21.9. The van der Waals surface area contributed by atoms with Gasteiger partial charge in [0.2, 0.25) is 0 Å². The van der Waals surface area contributed by atoms with E-state index in [1.54, 1.807) is 4.90 Å². The van der Waals surface area contributed by atoms with Crippen LogP contribution in [0.5, 0.6) is 0 Å². The van der Waals surface area contributed by atoms with E-state index in [0.717, 1.165) is 33.4 Å². The highest BCUT2D eigenvalue weighted by molar-refractivity contribution is 5.69. The minimum atomic E-state index is -1.95. The van der Waals surface area contributed by atoms with E-state index < -0.39 is 130 Å². The molecule has 6 aromatic carbocycles. The van der Waals surface area contributed by atoms with E-state index in [2.05, 4.69) is 0 Å². The first-order chi connectivity index (χ1) is 42.5. The Labute approximate surface area is 504 Å². The lowest BCUT2D eigenvalue weighted by molar-refractivity contribution is -0.387. The Kier molecular flexibility index (Phi) is 23.4. The van der Waals surface area contributed by atoms with Crippen LogP contribution in [0.3, 0.4) is 0 Å². The summed E-state index contributed by atoms with van der Waals surface area (Å²) in [6.07, 6.45) is -26.1. The molecule has 21 heteroatoms. The zero-order chi connectivity index (χ0) is 60.5. The van der Waals surface area contributed by atoms with Gasteiger partial charge < -0.3 is 92.6 Å². The third-order valence-electron chi connectivity index (χ3n) is 15.8. The van der Waals surface area contributed by atoms with Crippen LogP contribution in [0.15, 0.2) is 182 Å². The summed E-state index contributed by atoms with van der Waals surface area (Å²) in [4.78, 5) is 16.2. The van der Waals surface area contributed by atoms with Crippen LogP contribution >= 0.6 is 0 Å². The number of ether oxygens (including phenoxy) is 12. The fourth-order valence-electron chi connectivity index (χ4n) is 11.1. The number of aliphatic hydroxyl groups excluding tert-OH is 7. The van der Waals surface area contributed by atoms with Gasteiger partial charge in [0.1, 0.15) is 92.1 Å². The van der Waals surface area contributed by atoms with Crippen LogP contribution in [0, 0.1) is 0 Å². The van der Waals surface area contributed by atoms with Crippen LogP contribution in [0.2, 0.25) is 0 Å². The number of benzene rings is 6. The van der Waals surface area contributed by atoms with Gasteiger partial charge >= 0.3 is 6.09 Å². The number of nitrogens with zero attached hydrogens (tertiary/aromatic N) is 1. The Hall–Kier alpha value is -6.13. The topological polar surface area (TPSA) is 273 Å². The molecule has 7 N–H and O–H groups in total. The molecule has 6 aromatic rings. The molecule has 4 fully saturated rings. The highest BCUT2D eigenvalue weighted by Crippen LogP contribution is 2.38. The molecule has 0 aliphatic carbocycles. The van der Waals surface area contributed by atoms with Crippen molar-refractivity contribution in [1.82, 2.24) is 4.90 Å². The molecule has 466 valence electrons. The van der Waals surface area contributed by atoms with E-state index in [1.165, 1.54) is 0 Å². The SMILES string of the molecule is O=C(OCc1ccccc1)N1C[C@@H](OCc2ccccc2)[C@H](O[C@H]2O[C@H](COCc3ccccc3)[C@H](O[C@@H]3O[C@H](CO)[C@@H](O[C@@H]4O[C@H](CO)[C@@H](O)[C@H](O)[C@H]4O)[C@H](O)[C@H]3O)[C@H](OCc3ccccc3)[C@H]2OCc2ccccc2)[C@H]1COCc1ccccc1. The Morgan fingerprint density at radius 1 is 0.391 bits per heavy atom. The smallest absolute Gasteiger partial charge is 0.410 e. The highest BCUT2D eigenvalue weighted by atomic mass is 16.8. The molecular formula is C66H77NO20. The minimum Gasteiger partial charge on any atom is -0.445 e. The molecule has 4 aliphatic rings. The predicted octanol–water partition coefficient (Wildman–Crippen LogP) is 4.32. The quantitative estimate of drug-likeness (QED) is 0.0378. The van der Waals surface area contributed by atoms with Crippen LogP contribution in [0.4, 0.5) is 4.79 Å². The lowest BCUT2D eigenvalue weighted by Crippen LogP contribution is -2.67. The fourth-order valence-corrected chi connectivity index (χ4v) is 11.1. The largest absolute Gasteiger partial charge is 0.445 e. The summed E-state index contributed by atoms with van der Waals surface area (Å²) in [7, 11) is 0. The predicted molar refractivity (Wildman–Crippen MR) is 309 cm³/mol. The first kappa shape index (κ1) is 63.9. The molecule has 87 heavy (non-hydrogen) atoms. The molecule has 0 saturated carbocycles. The number of carbonyl (C=O) groups is 1. The molecular weight excluding hydrogens is 1130 g/mol. The molecule has 1 amide bonds. The Bertz CT molecular complexity index is 2930. The monoisotopic (exact) mass is 1200 g/mol. The molecule has 0 unspecified atom stereocenters. The molecule has 0 aromatic heterocycles. The van der Waals surface area contributed by atoms with Crippen molar-refractivity contribution in [2.45, 2.75) is 150 Å². The fraction of sp³-hybridized carbons (Fsp3) is 0.439. The van der Waals surface area contributed by atoms with Crippen molar-refractivity contribution in [2.75, 3.05) is 33.0 Å². The number of aliphatic hydroxyl groups is 7. The summed E-state index contributed by atoms with van der Waals surface area (Å²) in [6.45, 7) is -1.39.